The van der Waals surface area contributed by atoms with Crippen molar-refractivity contribution in [3.05, 3.63) is 66.1 Å². The predicted molar refractivity (Wildman–Crippen MR) is 78.8 cm³/mol. The number of phenolic OH excluding ortho intramolecular Hbond substituents is 1. The summed E-state index contributed by atoms with van der Waals surface area (Å²) in [5.41, 5.74) is 1.58. The highest BCUT2D eigenvalue weighted by Crippen LogP contribution is 2.26. The molecule has 0 radical (unpaired) electrons. The van der Waals surface area contributed by atoms with Gasteiger partial charge in [0, 0.05) is 30.5 Å². The second kappa shape index (κ2) is 5.58. The topological polar surface area (TPSA) is 75.1 Å². The molecule has 2 N–H and O–H groups in total. The van der Waals surface area contributed by atoms with Crippen LogP contribution in [0.25, 0.3) is 10.9 Å². The number of carbonyl (C=O) groups is 1. The first-order chi connectivity index (χ1) is 10.3. The van der Waals surface area contributed by atoms with Gasteiger partial charge in [-0.05, 0) is 29.8 Å². The van der Waals surface area contributed by atoms with Crippen LogP contribution in [0.15, 0.2) is 55.0 Å². The van der Waals surface area contributed by atoms with Crippen LogP contribution in [0.5, 0.6) is 5.75 Å². The molecule has 0 bridgehead atoms. The molecule has 1 aromatic carbocycles. The molecule has 21 heavy (non-hydrogen) atoms. The number of nitrogens with one attached hydrogen (secondary N) is 1. The van der Waals surface area contributed by atoms with Crippen molar-refractivity contribution < 1.29 is 9.90 Å². The number of phenols is 1. The van der Waals surface area contributed by atoms with Gasteiger partial charge in [-0.25, -0.2) is 0 Å². The van der Waals surface area contributed by atoms with Gasteiger partial charge in [-0.3, -0.25) is 14.8 Å². The van der Waals surface area contributed by atoms with E-state index < -0.39 is 0 Å². The highest BCUT2D eigenvalue weighted by atomic mass is 16.3. The quantitative estimate of drug-likeness (QED) is 0.771. The SMILES string of the molecule is O=C(NCc1ccncc1)c1ccc2cccnc2c1O. The third-order valence-electron chi connectivity index (χ3n) is 3.19. The molecule has 2 heterocycles. The maximum atomic E-state index is 12.2. The van der Waals surface area contributed by atoms with Crippen LogP contribution < -0.4 is 5.32 Å². The highest BCUT2D eigenvalue weighted by Gasteiger charge is 2.14. The fraction of sp³-hybridized carbons (Fsp3) is 0.0625. The van der Waals surface area contributed by atoms with Gasteiger partial charge in [0.1, 0.15) is 5.52 Å². The summed E-state index contributed by atoms with van der Waals surface area (Å²) in [6, 6.07) is 10.6. The summed E-state index contributed by atoms with van der Waals surface area (Å²) in [5, 5.41) is 13.7. The van der Waals surface area contributed by atoms with Gasteiger partial charge in [-0.1, -0.05) is 12.1 Å². The molecule has 1 amide bonds. The Morgan fingerprint density at radius 3 is 2.71 bits per heavy atom. The van der Waals surface area contributed by atoms with Gasteiger partial charge in [-0.15, -0.1) is 0 Å². The van der Waals surface area contributed by atoms with Crippen LogP contribution >= 0.6 is 0 Å². The van der Waals surface area contributed by atoms with Crippen molar-refractivity contribution in [3.8, 4) is 5.75 Å². The van der Waals surface area contributed by atoms with E-state index in [9.17, 15) is 9.90 Å². The van der Waals surface area contributed by atoms with Gasteiger partial charge in [-0.2, -0.15) is 0 Å². The number of amides is 1. The van der Waals surface area contributed by atoms with E-state index in [0.717, 1.165) is 10.9 Å². The number of aromatic nitrogens is 2. The van der Waals surface area contributed by atoms with Crippen molar-refractivity contribution >= 4 is 16.8 Å². The van der Waals surface area contributed by atoms with E-state index >= 15 is 0 Å². The van der Waals surface area contributed by atoms with Gasteiger partial charge in [0.05, 0.1) is 5.56 Å². The average Bonchev–Trinajstić information content (AvgIpc) is 2.54. The third-order valence-corrected chi connectivity index (χ3v) is 3.19. The van der Waals surface area contributed by atoms with Gasteiger partial charge in [0.25, 0.3) is 5.91 Å². The maximum Gasteiger partial charge on any atom is 0.255 e. The molecule has 2 aromatic heterocycles. The summed E-state index contributed by atoms with van der Waals surface area (Å²) >= 11 is 0. The smallest absolute Gasteiger partial charge is 0.255 e. The van der Waals surface area contributed by atoms with Crippen molar-refractivity contribution in [1.82, 2.24) is 15.3 Å². The van der Waals surface area contributed by atoms with Gasteiger partial charge >= 0.3 is 0 Å². The van der Waals surface area contributed by atoms with Crippen LogP contribution in [0, 0.1) is 0 Å². The van der Waals surface area contributed by atoms with Gasteiger partial charge < -0.3 is 10.4 Å². The lowest BCUT2D eigenvalue weighted by atomic mass is 10.1. The molecular formula is C16H13N3O2. The number of aromatic hydroxyl groups is 1. The second-order valence-electron chi connectivity index (χ2n) is 4.57. The Balaban J connectivity index is 1.83. The molecule has 0 saturated heterocycles. The molecule has 0 fully saturated rings. The number of carbonyl (C=O) groups excluding carboxylic acids is 1. The van der Waals surface area contributed by atoms with E-state index in [-0.39, 0.29) is 17.2 Å². The Morgan fingerprint density at radius 2 is 1.90 bits per heavy atom. The highest BCUT2D eigenvalue weighted by molar-refractivity contribution is 6.02. The van der Waals surface area contributed by atoms with Crippen molar-refractivity contribution in [1.29, 1.82) is 0 Å². The number of hydrogen-bond acceptors (Lipinski definition) is 4. The number of hydrogen-bond donors (Lipinski definition) is 2. The first kappa shape index (κ1) is 13.1. The van der Waals surface area contributed by atoms with Crippen molar-refractivity contribution in [2.24, 2.45) is 0 Å². The molecule has 0 aliphatic heterocycles. The van der Waals surface area contributed by atoms with Gasteiger partial charge in [0.2, 0.25) is 0 Å². The maximum absolute atomic E-state index is 12.2. The summed E-state index contributed by atoms with van der Waals surface area (Å²) in [6.07, 6.45) is 4.92. The number of nitrogens with zero attached hydrogens (tertiary/aromatic N) is 2. The van der Waals surface area contributed by atoms with Crippen LogP contribution in [-0.4, -0.2) is 21.0 Å². The van der Waals surface area contributed by atoms with Crippen LogP contribution in [0.4, 0.5) is 0 Å². The molecule has 0 saturated carbocycles. The van der Waals surface area contributed by atoms with E-state index in [1.807, 2.05) is 18.2 Å². The summed E-state index contributed by atoms with van der Waals surface area (Å²) < 4.78 is 0. The lowest BCUT2D eigenvalue weighted by molar-refractivity contribution is 0.0948. The standard InChI is InChI=1S/C16H13N3O2/c20-15-13(4-3-12-2-1-7-18-14(12)15)16(21)19-10-11-5-8-17-9-6-11/h1-9,20H,10H2,(H,19,21). The minimum Gasteiger partial charge on any atom is -0.505 e. The van der Waals surface area contributed by atoms with E-state index in [2.05, 4.69) is 15.3 Å². The first-order valence-corrected chi connectivity index (χ1v) is 6.49. The number of fused-ring (bicyclic) bond motifs is 1. The molecule has 5 nitrogen and oxygen atoms in total. The Kier molecular flexibility index (Phi) is 3.47. The second-order valence-corrected chi connectivity index (χ2v) is 4.57. The normalized spacial score (nSPS) is 10.5. The Bertz CT molecular complexity index is 788. The Hall–Kier alpha value is -2.95. The van der Waals surface area contributed by atoms with Crippen LogP contribution in [0.3, 0.4) is 0 Å². The Morgan fingerprint density at radius 1 is 1.10 bits per heavy atom. The number of benzene rings is 1. The number of rotatable bonds is 3. The van der Waals surface area contributed by atoms with Crippen molar-refractivity contribution in [2.75, 3.05) is 0 Å². The molecule has 3 aromatic rings. The summed E-state index contributed by atoms with van der Waals surface area (Å²) in [5.74, 6) is -0.433. The predicted octanol–water partition coefficient (Wildman–Crippen LogP) is 2.27. The molecule has 0 aliphatic carbocycles. The molecule has 0 unspecified atom stereocenters. The van der Waals surface area contributed by atoms with Crippen LogP contribution in [-0.2, 0) is 6.54 Å². The average molecular weight is 279 g/mol. The number of pyridine rings is 2. The zero-order valence-corrected chi connectivity index (χ0v) is 11.2. The summed E-state index contributed by atoms with van der Waals surface area (Å²) in [6.45, 7) is 0.376. The largest absolute Gasteiger partial charge is 0.505 e. The monoisotopic (exact) mass is 279 g/mol. The van der Waals surface area contributed by atoms with Crippen LogP contribution in [0.1, 0.15) is 15.9 Å². The van der Waals surface area contributed by atoms with Crippen LogP contribution in [0.2, 0.25) is 0 Å². The lowest BCUT2D eigenvalue weighted by Gasteiger charge is -2.08. The Labute approximate surface area is 121 Å². The molecule has 0 spiro atoms. The fourth-order valence-corrected chi connectivity index (χ4v) is 2.09. The van der Waals surface area contributed by atoms with E-state index in [4.69, 9.17) is 0 Å². The van der Waals surface area contributed by atoms with E-state index in [1.54, 1.807) is 36.8 Å². The molecule has 3 rings (SSSR count). The van der Waals surface area contributed by atoms with E-state index in [0.29, 0.717) is 12.1 Å². The summed E-state index contributed by atoms with van der Waals surface area (Å²) in [7, 11) is 0. The molecule has 5 heteroatoms. The minimum atomic E-state index is -0.336. The lowest BCUT2D eigenvalue weighted by Crippen LogP contribution is -2.22. The zero-order chi connectivity index (χ0) is 14.7. The minimum absolute atomic E-state index is 0.0969. The van der Waals surface area contributed by atoms with Crippen molar-refractivity contribution in [2.45, 2.75) is 6.54 Å². The van der Waals surface area contributed by atoms with Gasteiger partial charge in [0.15, 0.2) is 5.75 Å². The molecule has 0 aliphatic rings. The summed E-state index contributed by atoms with van der Waals surface area (Å²) in [4.78, 5) is 20.2. The molecular weight excluding hydrogens is 266 g/mol. The first-order valence-electron chi connectivity index (χ1n) is 6.49. The fourth-order valence-electron chi connectivity index (χ4n) is 2.09. The molecule has 104 valence electrons. The zero-order valence-electron chi connectivity index (χ0n) is 11.2. The van der Waals surface area contributed by atoms with E-state index in [1.165, 1.54) is 0 Å². The third kappa shape index (κ3) is 2.67. The van der Waals surface area contributed by atoms with Crippen molar-refractivity contribution in [3.63, 3.8) is 0 Å². The molecule has 0 atom stereocenters.